The van der Waals surface area contributed by atoms with E-state index in [1.54, 1.807) is 0 Å². The average Bonchev–Trinajstić information content (AvgIpc) is 2.41. The molecule has 1 aromatic rings. The number of hydrogen-bond acceptors (Lipinski definition) is 2. The second-order valence-corrected chi connectivity index (χ2v) is 4.99. The van der Waals surface area contributed by atoms with E-state index in [1.165, 1.54) is 0 Å². The molecule has 2 amide bonds. The number of rotatable bonds is 5. The lowest BCUT2D eigenvalue weighted by molar-refractivity contribution is 0.155. The van der Waals surface area contributed by atoms with Gasteiger partial charge in [-0.3, -0.25) is 0 Å². The SMILES string of the molecule is CCC(CC)(CO)NC(=O)Nc1c(C)cccc1C. The molecule has 3 N–H and O–H groups in total. The molecule has 0 atom stereocenters. The maximum absolute atomic E-state index is 12.1. The number of urea groups is 1. The Morgan fingerprint density at radius 3 is 2.16 bits per heavy atom. The summed E-state index contributed by atoms with van der Waals surface area (Å²) in [5.41, 5.74) is 2.34. The quantitative estimate of drug-likeness (QED) is 0.765. The monoisotopic (exact) mass is 264 g/mol. The van der Waals surface area contributed by atoms with Crippen LogP contribution < -0.4 is 10.6 Å². The van der Waals surface area contributed by atoms with Gasteiger partial charge in [-0.2, -0.15) is 0 Å². The lowest BCUT2D eigenvalue weighted by Gasteiger charge is -2.31. The molecule has 0 aliphatic rings. The Balaban J connectivity index is 2.81. The van der Waals surface area contributed by atoms with Crippen molar-refractivity contribution in [3.05, 3.63) is 29.3 Å². The molecule has 0 aliphatic heterocycles. The van der Waals surface area contributed by atoms with E-state index in [0.29, 0.717) is 12.8 Å². The van der Waals surface area contributed by atoms with Crippen molar-refractivity contribution in [2.75, 3.05) is 11.9 Å². The predicted molar refractivity (Wildman–Crippen MR) is 78.5 cm³/mol. The number of benzene rings is 1. The molecule has 1 rings (SSSR count). The zero-order valence-electron chi connectivity index (χ0n) is 12.2. The van der Waals surface area contributed by atoms with Gasteiger partial charge < -0.3 is 15.7 Å². The molecular weight excluding hydrogens is 240 g/mol. The van der Waals surface area contributed by atoms with Crippen LogP contribution >= 0.6 is 0 Å². The topological polar surface area (TPSA) is 61.4 Å². The maximum atomic E-state index is 12.1. The van der Waals surface area contributed by atoms with Crippen molar-refractivity contribution in [3.8, 4) is 0 Å². The van der Waals surface area contributed by atoms with Crippen LogP contribution in [0.3, 0.4) is 0 Å². The number of aryl methyl sites for hydroxylation is 2. The number of aliphatic hydroxyl groups excluding tert-OH is 1. The minimum atomic E-state index is -0.541. The summed E-state index contributed by atoms with van der Waals surface area (Å²) in [6, 6.07) is 5.61. The van der Waals surface area contributed by atoms with Crippen LogP contribution in [0.5, 0.6) is 0 Å². The van der Waals surface area contributed by atoms with Crippen LogP contribution in [0.1, 0.15) is 37.8 Å². The van der Waals surface area contributed by atoms with Crippen LogP contribution in [-0.2, 0) is 0 Å². The Labute approximate surface area is 115 Å². The molecule has 0 radical (unpaired) electrons. The second-order valence-electron chi connectivity index (χ2n) is 4.99. The Morgan fingerprint density at radius 2 is 1.74 bits per heavy atom. The molecule has 0 aliphatic carbocycles. The minimum absolute atomic E-state index is 0.0554. The first-order chi connectivity index (χ1) is 8.98. The highest BCUT2D eigenvalue weighted by Crippen LogP contribution is 2.20. The summed E-state index contributed by atoms with van der Waals surface area (Å²) in [5, 5.41) is 15.2. The summed E-state index contributed by atoms with van der Waals surface area (Å²) in [7, 11) is 0. The molecule has 0 spiro atoms. The first-order valence-electron chi connectivity index (χ1n) is 6.74. The number of amides is 2. The fourth-order valence-electron chi connectivity index (χ4n) is 2.09. The first-order valence-corrected chi connectivity index (χ1v) is 6.74. The molecule has 106 valence electrons. The van der Waals surface area contributed by atoms with Gasteiger partial charge in [-0.05, 0) is 37.8 Å². The summed E-state index contributed by atoms with van der Waals surface area (Å²) in [5.74, 6) is 0. The molecule has 19 heavy (non-hydrogen) atoms. The van der Waals surface area contributed by atoms with Crippen molar-refractivity contribution in [2.24, 2.45) is 0 Å². The molecule has 0 heterocycles. The fourth-order valence-corrected chi connectivity index (χ4v) is 2.09. The molecule has 0 unspecified atom stereocenters. The predicted octanol–water partition coefficient (Wildman–Crippen LogP) is 2.98. The van der Waals surface area contributed by atoms with Crippen molar-refractivity contribution in [3.63, 3.8) is 0 Å². The zero-order chi connectivity index (χ0) is 14.5. The minimum Gasteiger partial charge on any atom is -0.394 e. The second kappa shape index (κ2) is 6.57. The molecule has 0 saturated heterocycles. The number of aliphatic hydroxyl groups is 1. The van der Waals surface area contributed by atoms with E-state index in [1.807, 2.05) is 45.9 Å². The van der Waals surface area contributed by atoms with Gasteiger partial charge in [0.15, 0.2) is 0 Å². The van der Waals surface area contributed by atoms with Crippen LogP contribution in [-0.4, -0.2) is 23.3 Å². The molecule has 0 bridgehead atoms. The van der Waals surface area contributed by atoms with Crippen molar-refractivity contribution in [2.45, 2.75) is 46.1 Å². The number of para-hydroxylation sites is 1. The number of carbonyl (C=O) groups is 1. The molecule has 0 saturated carbocycles. The van der Waals surface area contributed by atoms with Crippen molar-refractivity contribution in [1.29, 1.82) is 0 Å². The van der Waals surface area contributed by atoms with E-state index in [2.05, 4.69) is 10.6 Å². The van der Waals surface area contributed by atoms with Crippen LogP contribution in [0.25, 0.3) is 0 Å². The maximum Gasteiger partial charge on any atom is 0.319 e. The average molecular weight is 264 g/mol. The summed E-state index contributed by atoms with van der Waals surface area (Å²) < 4.78 is 0. The highest BCUT2D eigenvalue weighted by atomic mass is 16.3. The van der Waals surface area contributed by atoms with E-state index in [9.17, 15) is 9.90 Å². The van der Waals surface area contributed by atoms with Gasteiger partial charge in [-0.1, -0.05) is 32.0 Å². The van der Waals surface area contributed by atoms with Gasteiger partial charge in [0.2, 0.25) is 0 Å². The van der Waals surface area contributed by atoms with Crippen molar-refractivity contribution < 1.29 is 9.90 Å². The zero-order valence-corrected chi connectivity index (χ0v) is 12.2. The molecule has 4 heteroatoms. The lowest BCUT2D eigenvalue weighted by atomic mass is 9.94. The van der Waals surface area contributed by atoms with Gasteiger partial charge >= 0.3 is 6.03 Å². The van der Waals surface area contributed by atoms with E-state index in [0.717, 1.165) is 16.8 Å². The van der Waals surface area contributed by atoms with Gasteiger partial charge in [0, 0.05) is 5.69 Å². The number of hydrogen-bond donors (Lipinski definition) is 3. The van der Waals surface area contributed by atoms with Gasteiger partial charge in [-0.15, -0.1) is 0 Å². The van der Waals surface area contributed by atoms with Crippen molar-refractivity contribution in [1.82, 2.24) is 5.32 Å². The Kier molecular flexibility index (Phi) is 5.36. The van der Waals surface area contributed by atoms with Gasteiger partial charge in [0.25, 0.3) is 0 Å². The van der Waals surface area contributed by atoms with E-state index >= 15 is 0 Å². The van der Waals surface area contributed by atoms with E-state index in [4.69, 9.17) is 0 Å². The molecule has 0 fully saturated rings. The van der Waals surface area contributed by atoms with E-state index in [-0.39, 0.29) is 12.6 Å². The van der Waals surface area contributed by atoms with Crippen LogP contribution in [0, 0.1) is 13.8 Å². The Morgan fingerprint density at radius 1 is 1.21 bits per heavy atom. The number of anilines is 1. The third-order valence-corrected chi connectivity index (χ3v) is 3.75. The van der Waals surface area contributed by atoms with Crippen LogP contribution in [0.15, 0.2) is 18.2 Å². The fraction of sp³-hybridized carbons (Fsp3) is 0.533. The Hall–Kier alpha value is -1.55. The molecule has 1 aromatic carbocycles. The third kappa shape index (κ3) is 3.70. The van der Waals surface area contributed by atoms with Gasteiger partial charge in [0.05, 0.1) is 12.1 Å². The highest BCUT2D eigenvalue weighted by Gasteiger charge is 2.27. The molecule has 0 aromatic heterocycles. The number of nitrogens with one attached hydrogen (secondary N) is 2. The third-order valence-electron chi connectivity index (χ3n) is 3.75. The summed E-state index contributed by atoms with van der Waals surface area (Å²) in [4.78, 5) is 12.1. The summed E-state index contributed by atoms with van der Waals surface area (Å²) in [6.45, 7) is 7.78. The lowest BCUT2D eigenvalue weighted by Crippen LogP contribution is -2.52. The van der Waals surface area contributed by atoms with Gasteiger partial charge in [-0.25, -0.2) is 4.79 Å². The van der Waals surface area contributed by atoms with E-state index < -0.39 is 5.54 Å². The standard InChI is InChI=1S/C15H24N2O2/c1-5-15(6-2,10-18)17-14(19)16-13-11(3)8-7-9-12(13)4/h7-9,18H,5-6,10H2,1-4H3,(H2,16,17,19). The van der Waals surface area contributed by atoms with Crippen LogP contribution in [0.2, 0.25) is 0 Å². The summed E-state index contributed by atoms with van der Waals surface area (Å²) in [6.07, 6.45) is 1.39. The largest absolute Gasteiger partial charge is 0.394 e. The summed E-state index contributed by atoms with van der Waals surface area (Å²) >= 11 is 0. The van der Waals surface area contributed by atoms with Gasteiger partial charge in [0.1, 0.15) is 0 Å². The molecule has 4 nitrogen and oxygen atoms in total. The highest BCUT2D eigenvalue weighted by molar-refractivity contribution is 5.91. The smallest absolute Gasteiger partial charge is 0.319 e. The molecular formula is C15H24N2O2. The Bertz CT molecular complexity index is 411. The normalized spacial score (nSPS) is 11.2. The first kappa shape index (κ1) is 15.5. The van der Waals surface area contributed by atoms with Crippen molar-refractivity contribution >= 4 is 11.7 Å². The van der Waals surface area contributed by atoms with Crippen LogP contribution in [0.4, 0.5) is 10.5 Å². The number of carbonyl (C=O) groups excluding carboxylic acids is 1.